The number of likely N-dealkylation sites (tertiary alicyclic amines) is 1. The Hall–Kier alpha value is -0.870. The van der Waals surface area contributed by atoms with E-state index in [1.165, 1.54) is 19.3 Å². The number of piperidine rings is 1. The van der Waals surface area contributed by atoms with Crippen LogP contribution in [0, 0.1) is 0 Å². The minimum Gasteiger partial charge on any atom is -0.508 e. The third-order valence-electron chi connectivity index (χ3n) is 5.04. The Morgan fingerprint density at radius 3 is 2.48 bits per heavy atom. The largest absolute Gasteiger partial charge is 0.508 e. The molecule has 1 fully saturated rings. The van der Waals surface area contributed by atoms with Crippen LogP contribution < -0.4 is 0 Å². The molecule has 0 aromatic heterocycles. The normalized spacial score (nSPS) is 17.5. The van der Waals surface area contributed by atoms with Gasteiger partial charge in [0.05, 0.1) is 5.41 Å². The third-order valence-corrected chi connectivity index (χ3v) is 5.04. The number of unbranched alkanes of at least 4 members (excludes halogenated alkanes) is 2. The fourth-order valence-corrected chi connectivity index (χ4v) is 3.61. The SMILES string of the molecule is Br.CCCCCN1CCC(C(=O)CC)(c2cccc(O)c2)CC1. The van der Waals surface area contributed by atoms with Crippen LogP contribution >= 0.6 is 17.0 Å². The average molecular weight is 384 g/mol. The highest BCUT2D eigenvalue weighted by Gasteiger charge is 2.41. The van der Waals surface area contributed by atoms with E-state index in [1.807, 2.05) is 19.1 Å². The molecule has 1 aliphatic heterocycles. The third kappa shape index (κ3) is 4.80. The Balaban J connectivity index is 0.00000264. The topological polar surface area (TPSA) is 40.5 Å². The van der Waals surface area contributed by atoms with E-state index in [2.05, 4.69) is 11.8 Å². The number of benzene rings is 1. The zero-order chi connectivity index (χ0) is 16.0. The average Bonchev–Trinajstić information content (AvgIpc) is 2.55. The predicted molar refractivity (Wildman–Crippen MR) is 101 cm³/mol. The molecule has 0 unspecified atom stereocenters. The van der Waals surface area contributed by atoms with Gasteiger partial charge in [0.1, 0.15) is 11.5 Å². The molecule has 2 rings (SSSR count). The maximum atomic E-state index is 12.7. The second-order valence-corrected chi connectivity index (χ2v) is 6.46. The number of phenolic OH excluding ortho intramolecular Hbond substituents is 1. The minimum absolute atomic E-state index is 0. The van der Waals surface area contributed by atoms with Crippen LogP contribution in [0.15, 0.2) is 24.3 Å². The summed E-state index contributed by atoms with van der Waals surface area (Å²) in [5.74, 6) is 0.567. The lowest BCUT2D eigenvalue weighted by Gasteiger charge is -2.41. The Morgan fingerprint density at radius 2 is 1.91 bits per heavy atom. The molecule has 4 heteroatoms. The van der Waals surface area contributed by atoms with Crippen molar-refractivity contribution in [3.8, 4) is 5.75 Å². The highest BCUT2D eigenvalue weighted by atomic mass is 79.9. The van der Waals surface area contributed by atoms with Gasteiger partial charge in [-0.15, -0.1) is 17.0 Å². The summed E-state index contributed by atoms with van der Waals surface area (Å²) < 4.78 is 0. The summed E-state index contributed by atoms with van der Waals surface area (Å²) in [7, 11) is 0. The number of carbonyl (C=O) groups excluding carboxylic acids is 1. The smallest absolute Gasteiger partial charge is 0.143 e. The van der Waals surface area contributed by atoms with E-state index in [0.29, 0.717) is 12.2 Å². The van der Waals surface area contributed by atoms with Crippen molar-refractivity contribution in [1.82, 2.24) is 4.90 Å². The van der Waals surface area contributed by atoms with Crippen molar-refractivity contribution in [3.05, 3.63) is 29.8 Å². The van der Waals surface area contributed by atoms with Crippen LogP contribution in [0.1, 0.15) is 57.9 Å². The summed E-state index contributed by atoms with van der Waals surface area (Å²) in [6.07, 6.45) is 6.07. The minimum atomic E-state index is -0.394. The Morgan fingerprint density at radius 1 is 1.22 bits per heavy atom. The molecule has 1 aromatic carbocycles. The highest BCUT2D eigenvalue weighted by Crippen LogP contribution is 2.38. The standard InChI is InChI=1S/C19H29NO2.BrH/c1-3-5-6-12-20-13-10-19(11-14-20,18(22)4-2)16-8-7-9-17(21)15-16;/h7-9,15,21H,3-6,10-14H2,1-2H3;1H. The molecule has 0 amide bonds. The monoisotopic (exact) mass is 383 g/mol. The van der Waals surface area contributed by atoms with E-state index in [9.17, 15) is 9.90 Å². The highest BCUT2D eigenvalue weighted by molar-refractivity contribution is 8.93. The number of nitrogens with zero attached hydrogens (tertiary/aromatic N) is 1. The number of Topliss-reactive ketones (excluding diaryl/α,β-unsaturated/α-hetero) is 1. The van der Waals surface area contributed by atoms with E-state index in [4.69, 9.17) is 0 Å². The zero-order valence-electron chi connectivity index (χ0n) is 14.4. The van der Waals surface area contributed by atoms with Crippen molar-refractivity contribution >= 4 is 22.8 Å². The van der Waals surface area contributed by atoms with Gasteiger partial charge in [0, 0.05) is 6.42 Å². The maximum Gasteiger partial charge on any atom is 0.143 e. The van der Waals surface area contributed by atoms with Gasteiger partial charge in [-0.05, 0) is 56.6 Å². The Kier molecular flexibility index (Phi) is 8.27. The number of phenols is 1. The molecule has 1 aromatic rings. The molecule has 0 radical (unpaired) electrons. The van der Waals surface area contributed by atoms with Crippen molar-refractivity contribution in [2.45, 2.75) is 57.8 Å². The number of ketones is 1. The van der Waals surface area contributed by atoms with E-state index in [1.54, 1.807) is 12.1 Å². The molecule has 1 aliphatic rings. The number of rotatable bonds is 7. The molecular formula is C19H30BrNO2. The van der Waals surface area contributed by atoms with Gasteiger partial charge in [-0.25, -0.2) is 0 Å². The molecule has 1 N–H and O–H groups in total. The van der Waals surface area contributed by atoms with Gasteiger partial charge in [0.25, 0.3) is 0 Å². The molecule has 0 spiro atoms. The van der Waals surface area contributed by atoms with E-state index in [0.717, 1.165) is 38.0 Å². The first kappa shape index (κ1) is 20.2. The van der Waals surface area contributed by atoms with Crippen molar-refractivity contribution < 1.29 is 9.90 Å². The van der Waals surface area contributed by atoms with Crippen LogP contribution in [0.4, 0.5) is 0 Å². The van der Waals surface area contributed by atoms with Crippen LogP contribution in [0.2, 0.25) is 0 Å². The summed E-state index contributed by atoms with van der Waals surface area (Å²) >= 11 is 0. The lowest BCUT2D eigenvalue weighted by molar-refractivity contribution is -0.126. The van der Waals surface area contributed by atoms with Gasteiger partial charge in [-0.3, -0.25) is 4.79 Å². The van der Waals surface area contributed by atoms with Crippen molar-refractivity contribution in [3.63, 3.8) is 0 Å². The van der Waals surface area contributed by atoms with Crippen molar-refractivity contribution in [2.24, 2.45) is 0 Å². The molecule has 0 bridgehead atoms. The molecule has 0 saturated carbocycles. The molecule has 0 atom stereocenters. The molecule has 130 valence electrons. The summed E-state index contributed by atoms with van der Waals surface area (Å²) in [6.45, 7) is 7.27. The van der Waals surface area contributed by atoms with Crippen LogP contribution in [0.5, 0.6) is 5.75 Å². The predicted octanol–water partition coefficient (Wildman–Crippen LogP) is 4.47. The first-order valence-electron chi connectivity index (χ1n) is 8.67. The lowest BCUT2D eigenvalue weighted by atomic mass is 9.69. The van der Waals surface area contributed by atoms with Crippen molar-refractivity contribution in [2.75, 3.05) is 19.6 Å². The molecular weight excluding hydrogens is 354 g/mol. The fourth-order valence-electron chi connectivity index (χ4n) is 3.61. The number of carbonyl (C=O) groups is 1. The van der Waals surface area contributed by atoms with Gasteiger partial charge >= 0.3 is 0 Å². The van der Waals surface area contributed by atoms with Gasteiger partial charge in [0.15, 0.2) is 0 Å². The lowest BCUT2D eigenvalue weighted by Crippen LogP contribution is -2.47. The maximum absolute atomic E-state index is 12.7. The summed E-state index contributed by atoms with van der Waals surface area (Å²) in [6, 6.07) is 7.30. The molecule has 23 heavy (non-hydrogen) atoms. The van der Waals surface area contributed by atoms with Gasteiger partial charge in [0.2, 0.25) is 0 Å². The van der Waals surface area contributed by atoms with Gasteiger partial charge in [-0.2, -0.15) is 0 Å². The van der Waals surface area contributed by atoms with Gasteiger partial charge in [-0.1, -0.05) is 38.8 Å². The summed E-state index contributed by atoms with van der Waals surface area (Å²) in [4.78, 5) is 15.2. The second kappa shape index (κ2) is 9.43. The van der Waals surface area contributed by atoms with Gasteiger partial charge < -0.3 is 10.0 Å². The number of hydrogen-bond donors (Lipinski definition) is 1. The quantitative estimate of drug-likeness (QED) is 0.705. The fraction of sp³-hybridized carbons (Fsp3) is 0.632. The Labute approximate surface area is 150 Å². The number of aromatic hydroxyl groups is 1. The Bertz CT molecular complexity index is 496. The molecule has 3 nitrogen and oxygen atoms in total. The first-order valence-corrected chi connectivity index (χ1v) is 8.67. The number of halogens is 1. The van der Waals surface area contributed by atoms with E-state index < -0.39 is 5.41 Å². The van der Waals surface area contributed by atoms with Crippen LogP contribution in [0.25, 0.3) is 0 Å². The number of hydrogen-bond acceptors (Lipinski definition) is 3. The summed E-state index contributed by atoms with van der Waals surface area (Å²) in [5.41, 5.74) is 0.599. The molecule has 1 saturated heterocycles. The molecule has 1 heterocycles. The van der Waals surface area contributed by atoms with E-state index >= 15 is 0 Å². The molecule has 0 aliphatic carbocycles. The van der Waals surface area contributed by atoms with Crippen LogP contribution in [-0.2, 0) is 10.2 Å². The zero-order valence-corrected chi connectivity index (χ0v) is 16.1. The van der Waals surface area contributed by atoms with Crippen LogP contribution in [-0.4, -0.2) is 35.4 Å². The van der Waals surface area contributed by atoms with E-state index in [-0.39, 0.29) is 22.7 Å². The second-order valence-electron chi connectivity index (χ2n) is 6.46. The van der Waals surface area contributed by atoms with Crippen LogP contribution in [0.3, 0.4) is 0 Å². The summed E-state index contributed by atoms with van der Waals surface area (Å²) in [5, 5.41) is 9.79. The first-order chi connectivity index (χ1) is 10.6. The van der Waals surface area contributed by atoms with Crippen molar-refractivity contribution in [1.29, 1.82) is 0 Å².